The lowest BCUT2D eigenvalue weighted by Gasteiger charge is -2.35. The molecule has 3 N–H and O–H groups in total. The molecule has 36 heavy (non-hydrogen) atoms. The number of nitrogens with one attached hydrogen (secondary N) is 2. The van der Waals surface area contributed by atoms with Gasteiger partial charge < -0.3 is 25.4 Å². The van der Waals surface area contributed by atoms with E-state index in [-0.39, 0.29) is 41.0 Å². The SMILES string of the molecule is COc1ccc(NC(=O)C2N(CCCO)C(=O)[C@@H]3[C@@H](C(=O)Nc4ccccc4)[C@@H]4SC23CC4Br)cc1. The van der Waals surface area contributed by atoms with Gasteiger partial charge in [-0.2, -0.15) is 0 Å². The van der Waals surface area contributed by atoms with Gasteiger partial charge in [-0.3, -0.25) is 14.4 Å². The Morgan fingerprint density at radius 2 is 1.78 bits per heavy atom. The summed E-state index contributed by atoms with van der Waals surface area (Å²) >= 11 is 5.34. The van der Waals surface area contributed by atoms with Crippen LogP contribution in [0.3, 0.4) is 0 Å². The van der Waals surface area contributed by atoms with Crippen LogP contribution < -0.4 is 15.4 Å². The van der Waals surface area contributed by atoms with E-state index in [0.717, 1.165) is 0 Å². The zero-order valence-electron chi connectivity index (χ0n) is 19.7. The molecule has 5 rings (SSSR count). The number of halogens is 1. The largest absolute Gasteiger partial charge is 0.497 e. The van der Waals surface area contributed by atoms with Crippen LogP contribution in [0.5, 0.6) is 5.75 Å². The van der Waals surface area contributed by atoms with Crippen LogP contribution >= 0.6 is 27.7 Å². The topological polar surface area (TPSA) is 108 Å². The number of aliphatic hydroxyl groups is 1. The maximum absolute atomic E-state index is 13.8. The number of hydrogen-bond donors (Lipinski definition) is 3. The van der Waals surface area contributed by atoms with Crippen LogP contribution in [0.4, 0.5) is 11.4 Å². The molecule has 3 unspecified atom stereocenters. The van der Waals surface area contributed by atoms with E-state index in [1.165, 1.54) is 0 Å². The molecule has 2 aromatic rings. The Morgan fingerprint density at radius 1 is 1.11 bits per heavy atom. The number of fused-ring (bicyclic) bond motifs is 1. The molecule has 3 saturated heterocycles. The smallest absolute Gasteiger partial charge is 0.248 e. The highest BCUT2D eigenvalue weighted by Gasteiger charge is 2.75. The van der Waals surface area contributed by atoms with Crippen molar-refractivity contribution < 1.29 is 24.2 Å². The number of alkyl halides is 1. The van der Waals surface area contributed by atoms with Crippen LogP contribution in [0.2, 0.25) is 0 Å². The molecule has 1 spiro atoms. The van der Waals surface area contributed by atoms with Crippen molar-refractivity contribution in [3.05, 3.63) is 54.6 Å². The molecule has 2 bridgehead atoms. The van der Waals surface area contributed by atoms with Crippen molar-refractivity contribution in [2.75, 3.05) is 30.9 Å². The highest BCUT2D eigenvalue weighted by atomic mass is 79.9. The summed E-state index contributed by atoms with van der Waals surface area (Å²) in [5, 5.41) is 15.3. The Kier molecular flexibility index (Phi) is 7.02. The molecule has 0 aromatic heterocycles. The fraction of sp³-hybridized carbons (Fsp3) is 0.423. The molecular weight excluding hydrogens is 546 g/mol. The van der Waals surface area contributed by atoms with Gasteiger partial charge in [0.25, 0.3) is 0 Å². The summed E-state index contributed by atoms with van der Waals surface area (Å²) in [6.07, 6.45) is 0.956. The van der Waals surface area contributed by atoms with Gasteiger partial charge in [-0.05, 0) is 49.2 Å². The highest BCUT2D eigenvalue weighted by Crippen LogP contribution is 2.67. The normalized spacial score (nSPS) is 30.2. The van der Waals surface area contributed by atoms with E-state index < -0.39 is 22.6 Å². The van der Waals surface area contributed by atoms with Gasteiger partial charge >= 0.3 is 0 Å². The lowest BCUT2D eigenvalue weighted by atomic mass is 9.70. The van der Waals surface area contributed by atoms with Crippen LogP contribution in [-0.4, -0.2) is 68.9 Å². The Morgan fingerprint density at radius 3 is 2.44 bits per heavy atom. The molecule has 190 valence electrons. The van der Waals surface area contributed by atoms with Crippen molar-refractivity contribution in [2.45, 2.75) is 33.7 Å². The first-order chi connectivity index (χ1) is 17.4. The minimum atomic E-state index is -0.756. The second-order valence-corrected chi connectivity index (χ2v) is 12.1. The number of anilines is 2. The number of carbonyl (C=O) groups is 3. The van der Waals surface area contributed by atoms with Crippen LogP contribution in [-0.2, 0) is 14.4 Å². The van der Waals surface area contributed by atoms with E-state index >= 15 is 0 Å². The third-order valence-corrected chi connectivity index (χ3v) is 10.5. The number of thioether (sulfide) groups is 1. The number of benzene rings is 2. The van der Waals surface area contributed by atoms with Gasteiger partial charge in [0, 0.05) is 34.6 Å². The third kappa shape index (κ3) is 4.18. The van der Waals surface area contributed by atoms with Crippen molar-refractivity contribution in [3.8, 4) is 5.75 Å². The average molecular weight is 574 g/mol. The summed E-state index contributed by atoms with van der Waals surface area (Å²) in [6, 6.07) is 15.5. The van der Waals surface area contributed by atoms with Crippen molar-refractivity contribution >= 4 is 56.8 Å². The predicted octanol–water partition coefficient (Wildman–Crippen LogP) is 3.12. The number of ether oxygens (including phenoxy) is 1. The molecule has 6 atom stereocenters. The van der Waals surface area contributed by atoms with Gasteiger partial charge in [0.2, 0.25) is 17.7 Å². The molecule has 0 aliphatic carbocycles. The number of para-hydroxylation sites is 1. The first kappa shape index (κ1) is 25.1. The Hall–Kier alpha value is -2.56. The van der Waals surface area contributed by atoms with Crippen LogP contribution in [0.25, 0.3) is 0 Å². The molecule has 8 nitrogen and oxygen atoms in total. The molecule has 3 aliphatic heterocycles. The summed E-state index contributed by atoms with van der Waals surface area (Å²) in [6.45, 7) is 0.155. The number of rotatable bonds is 8. The standard InChI is InChI=1S/C26H28BrN3O5S/c1-35-17-10-8-16(9-11-17)29-24(33)22-26-14-18(27)21(36-26)19(20(26)25(34)30(22)12-5-13-31)23(32)28-15-6-3-2-4-7-15/h2-4,6-11,18-22,31H,5,12-14H2,1H3,(H,28,32)(H,29,33)/t18?,19-,20+,21-,22?,26?/m1/s1. The van der Waals surface area contributed by atoms with E-state index in [1.807, 2.05) is 30.3 Å². The molecule has 3 amide bonds. The zero-order valence-corrected chi connectivity index (χ0v) is 22.1. The van der Waals surface area contributed by atoms with E-state index in [1.54, 1.807) is 48.0 Å². The fourth-order valence-corrected chi connectivity index (χ4v) is 9.46. The first-order valence-electron chi connectivity index (χ1n) is 11.9. The van der Waals surface area contributed by atoms with E-state index in [4.69, 9.17) is 4.74 Å². The van der Waals surface area contributed by atoms with Gasteiger partial charge in [0.05, 0.1) is 23.7 Å². The first-order valence-corrected chi connectivity index (χ1v) is 13.7. The Bertz CT molecular complexity index is 1150. The van der Waals surface area contributed by atoms with Gasteiger partial charge in [-0.15, -0.1) is 11.8 Å². The average Bonchev–Trinajstić information content (AvgIpc) is 3.47. The summed E-state index contributed by atoms with van der Waals surface area (Å²) in [7, 11) is 1.57. The molecule has 0 saturated carbocycles. The second-order valence-electron chi connectivity index (χ2n) is 9.35. The fourth-order valence-electron chi connectivity index (χ4n) is 5.84. The summed E-state index contributed by atoms with van der Waals surface area (Å²) in [5.74, 6) is -1.20. The van der Waals surface area contributed by atoms with Gasteiger partial charge in [0.15, 0.2) is 0 Å². The second kappa shape index (κ2) is 10.1. The highest BCUT2D eigenvalue weighted by molar-refractivity contribution is 9.09. The molecule has 10 heteroatoms. The zero-order chi connectivity index (χ0) is 25.4. The lowest BCUT2D eigenvalue weighted by Crippen LogP contribution is -2.52. The van der Waals surface area contributed by atoms with Crippen molar-refractivity contribution in [1.29, 1.82) is 0 Å². The number of methoxy groups -OCH3 is 1. The third-order valence-electron chi connectivity index (χ3n) is 7.30. The maximum Gasteiger partial charge on any atom is 0.248 e. The maximum atomic E-state index is 13.8. The van der Waals surface area contributed by atoms with E-state index in [2.05, 4.69) is 26.6 Å². The molecule has 3 fully saturated rings. The van der Waals surface area contributed by atoms with E-state index in [9.17, 15) is 19.5 Å². The monoisotopic (exact) mass is 573 g/mol. The van der Waals surface area contributed by atoms with Crippen molar-refractivity contribution in [3.63, 3.8) is 0 Å². The molecular formula is C26H28BrN3O5S. The predicted molar refractivity (Wildman–Crippen MR) is 142 cm³/mol. The molecule has 2 aromatic carbocycles. The van der Waals surface area contributed by atoms with Gasteiger partial charge in [0.1, 0.15) is 11.8 Å². The minimum Gasteiger partial charge on any atom is -0.497 e. The molecule has 3 heterocycles. The van der Waals surface area contributed by atoms with Crippen molar-refractivity contribution in [1.82, 2.24) is 4.90 Å². The Labute approximate surface area is 222 Å². The number of amides is 3. The van der Waals surface area contributed by atoms with Gasteiger partial charge in [-0.1, -0.05) is 34.1 Å². The van der Waals surface area contributed by atoms with E-state index in [0.29, 0.717) is 30.0 Å². The number of nitrogens with zero attached hydrogens (tertiary/aromatic N) is 1. The Balaban J connectivity index is 1.46. The lowest BCUT2D eigenvalue weighted by molar-refractivity contribution is -0.138. The number of aliphatic hydroxyl groups excluding tert-OH is 1. The van der Waals surface area contributed by atoms with Crippen LogP contribution in [0.15, 0.2) is 54.6 Å². The summed E-state index contributed by atoms with van der Waals surface area (Å²) in [5.41, 5.74) is 1.27. The summed E-state index contributed by atoms with van der Waals surface area (Å²) in [4.78, 5) is 42.7. The summed E-state index contributed by atoms with van der Waals surface area (Å²) < 4.78 is 4.46. The molecule has 0 radical (unpaired) electrons. The number of hydrogen-bond acceptors (Lipinski definition) is 6. The van der Waals surface area contributed by atoms with Crippen LogP contribution in [0, 0.1) is 11.8 Å². The quantitative estimate of drug-likeness (QED) is 0.419. The van der Waals surface area contributed by atoms with Crippen LogP contribution in [0.1, 0.15) is 12.8 Å². The number of likely N-dealkylation sites (tertiary alicyclic amines) is 1. The number of carbonyl (C=O) groups excluding carboxylic acids is 3. The molecule has 3 aliphatic rings. The minimum absolute atomic E-state index is 0.00727. The van der Waals surface area contributed by atoms with Gasteiger partial charge in [-0.25, -0.2) is 0 Å². The van der Waals surface area contributed by atoms with Crippen molar-refractivity contribution in [2.24, 2.45) is 11.8 Å².